The molecular formula is C10H11BrN4OS. The van der Waals surface area contributed by atoms with Gasteiger partial charge in [0, 0.05) is 23.8 Å². The molecule has 7 heteroatoms. The van der Waals surface area contributed by atoms with Gasteiger partial charge in [0.15, 0.2) is 5.13 Å². The third kappa shape index (κ3) is 2.92. The Labute approximate surface area is 111 Å². The Morgan fingerprint density at radius 1 is 1.53 bits per heavy atom. The first-order chi connectivity index (χ1) is 8.20. The van der Waals surface area contributed by atoms with Crippen LogP contribution in [0.25, 0.3) is 0 Å². The number of rotatable bonds is 4. The largest absolute Gasteiger partial charge is 0.362 e. The van der Waals surface area contributed by atoms with Crippen LogP contribution < -0.4 is 10.9 Å². The first-order valence-corrected chi connectivity index (χ1v) is 6.70. The Morgan fingerprint density at radius 2 is 2.35 bits per heavy atom. The lowest BCUT2D eigenvalue weighted by atomic mass is 10.5. The zero-order valence-electron chi connectivity index (χ0n) is 9.18. The van der Waals surface area contributed by atoms with E-state index in [0.29, 0.717) is 11.0 Å². The second-order valence-electron chi connectivity index (χ2n) is 3.34. The highest BCUT2D eigenvalue weighted by Crippen LogP contribution is 2.18. The molecule has 90 valence electrons. The maximum atomic E-state index is 11.8. The molecule has 5 nitrogen and oxygen atoms in total. The SMILES string of the molecule is CCNc1ncc(Cn2cncc(Br)c2=O)s1. The first kappa shape index (κ1) is 12.3. The molecule has 2 aromatic heterocycles. The molecule has 0 spiro atoms. The zero-order chi connectivity index (χ0) is 12.3. The molecule has 0 aliphatic carbocycles. The Balaban J connectivity index is 2.19. The third-order valence-corrected chi connectivity index (χ3v) is 3.55. The van der Waals surface area contributed by atoms with E-state index in [0.717, 1.165) is 16.6 Å². The summed E-state index contributed by atoms with van der Waals surface area (Å²) < 4.78 is 2.02. The predicted octanol–water partition coefficient (Wildman–Crippen LogP) is 1.94. The van der Waals surface area contributed by atoms with E-state index in [4.69, 9.17) is 0 Å². The second-order valence-corrected chi connectivity index (χ2v) is 5.31. The van der Waals surface area contributed by atoms with Gasteiger partial charge in [0.05, 0.1) is 12.9 Å². The summed E-state index contributed by atoms with van der Waals surface area (Å²) in [6, 6.07) is 0. The van der Waals surface area contributed by atoms with E-state index >= 15 is 0 Å². The van der Waals surface area contributed by atoms with Crippen molar-refractivity contribution in [3.63, 3.8) is 0 Å². The summed E-state index contributed by atoms with van der Waals surface area (Å²) in [4.78, 5) is 21.0. The summed E-state index contributed by atoms with van der Waals surface area (Å²) in [5.41, 5.74) is -0.0848. The molecule has 2 aromatic rings. The van der Waals surface area contributed by atoms with Crippen LogP contribution in [0.4, 0.5) is 5.13 Å². The Bertz CT molecular complexity index is 565. The van der Waals surface area contributed by atoms with Crippen molar-refractivity contribution in [1.82, 2.24) is 14.5 Å². The average Bonchev–Trinajstić information content (AvgIpc) is 2.73. The van der Waals surface area contributed by atoms with Crippen LogP contribution in [0.5, 0.6) is 0 Å². The molecule has 0 aromatic carbocycles. The molecule has 0 fully saturated rings. The van der Waals surface area contributed by atoms with Crippen molar-refractivity contribution >= 4 is 32.4 Å². The number of anilines is 1. The Morgan fingerprint density at radius 3 is 3.12 bits per heavy atom. The van der Waals surface area contributed by atoms with Gasteiger partial charge in [0.2, 0.25) is 0 Å². The lowest BCUT2D eigenvalue weighted by molar-refractivity contribution is 0.738. The highest BCUT2D eigenvalue weighted by atomic mass is 79.9. The summed E-state index contributed by atoms with van der Waals surface area (Å²) in [6.45, 7) is 3.35. The normalized spacial score (nSPS) is 10.5. The van der Waals surface area contributed by atoms with Gasteiger partial charge in [-0.1, -0.05) is 0 Å². The fraction of sp³-hybridized carbons (Fsp3) is 0.300. The fourth-order valence-corrected chi connectivity index (χ4v) is 2.54. The van der Waals surface area contributed by atoms with Gasteiger partial charge >= 0.3 is 0 Å². The molecule has 17 heavy (non-hydrogen) atoms. The van der Waals surface area contributed by atoms with Gasteiger partial charge in [0.25, 0.3) is 5.56 Å². The summed E-state index contributed by atoms with van der Waals surface area (Å²) in [7, 11) is 0. The number of nitrogens with zero attached hydrogens (tertiary/aromatic N) is 3. The predicted molar refractivity (Wildman–Crippen MR) is 71.6 cm³/mol. The highest BCUT2D eigenvalue weighted by molar-refractivity contribution is 9.10. The molecule has 1 N–H and O–H groups in total. The van der Waals surface area contributed by atoms with E-state index in [-0.39, 0.29) is 5.56 Å². The van der Waals surface area contributed by atoms with E-state index < -0.39 is 0 Å². The molecule has 0 aliphatic heterocycles. The highest BCUT2D eigenvalue weighted by Gasteiger charge is 2.05. The average molecular weight is 315 g/mol. The summed E-state index contributed by atoms with van der Waals surface area (Å²) >= 11 is 4.71. The maximum Gasteiger partial charge on any atom is 0.267 e. The van der Waals surface area contributed by atoms with Gasteiger partial charge in [-0.15, -0.1) is 11.3 Å². The topological polar surface area (TPSA) is 59.8 Å². The quantitative estimate of drug-likeness (QED) is 0.937. The summed E-state index contributed by atoms with van der Waals surface area (Å²) in [5.74, 6) is 0. The Kier molecular flexibility index (Phi) is 3.90. The first-order valence-electron chi connectivity index (χ1n) is 5.09. The van der Waals surface area contributed by atoms with Crippen LogP contribution in [0, 0.1) is 0 Å². The zero-order valence-corrected chi connectivity index (χ0v) is 11.6. The van der Waals surface area contributed by atoms with Crippen LogP contribution in [-0.2, 0) is 6.54 Å². The van der Waals surface area contributed by atoms with Crippen LogP contribution in [0.1, 0.15) is 11.8 Å². The van der Waals surface area contributed by atoms with Crippen molar-refractivity contribution in [2.45, 2.75) is 13.5 Å². The van der Waals surface area contributed by atoms with Gasteiger partial charge in [-0.05, 0) is 22.9 Å². The lowest BCUT2D eigenvalue weighted by Gasteiger charge is -2.02. The van der Waals surface area contributed by atoms with Gasteiger partial charge in [0.1, 0.15) is 4.47 Å². The van der Waals surface area contributed by atoms with E-state index in [1.54, 1.807) is 22.1 Å². The van der Waals surface area contributed by atoms with Crippen LogP contribution in [0.3, 0.4) is 0 Å². The van der Waals surface area contributed by atoms with Crippen molar-refractivity contribution in [3.8, 4) is 0 Å². The number of thiazole rings is 1. The lowest BCUT2D eigenvalue weighted by Crippen LogP contribution is -2.20. The molecule has 2 rings (SSSR count). The van der Waals surface area contributed by atoms with E-state index in [1.165, 1.54) is 12.5 Å². The Hall–Kier alpha value is -1.21. The van der Waals surface area contributed by atoms with E-state index in [9.17, 15) is 4.79 Å². The smallest absolute Gasteiger partial charge is 0.267 e. The third-order valence-electron chi connectivity index (χ3n) is 2.07. The summed E-state index contributed by atoms with van der Waals surface area (Å²) in [5, 5.41) is 4.01. The van der Waals surface area contributed by atoms with Crippen LogP contribution in [-0.4, -0.2) is 21.1 Å². The molecule has 0 amide bonds. The second kappa shape index (κ2) is 5.42. The van der Waals surface area contributed by atoms with Crippen molar-refractivity contribution < 1.29 is 0 Å². The van der Waals surface area contributed by atoms with Gasteiger partial charge < -0.3 is 5.32 Å². The number of hydrogen-bond acceptors (Lipinski definition) is 5. The van der Waals surface area contributed by atoms with Crippen LogP contribution >= 0.6 is 27.3 Å². The standard InChI is InChI=1S/C10H11BrN4OS/c1-2-13-10-14-3-7(17-10)5-15-6-12-4-8(11)9(15)16/h3-4,6H,2,5H2,1H3,(H,13,14). The molecule has 0 radical (unpaired) electrons. The molecule has 0 aliphatic rings. The van der Waals surface area contributed by atoms with E-state index in [1.807, 2.05) is 6.92 Å². The van der Waals surface area contributed by atoms with Crippen LogP contribution in [0.2, 0.25) is 0 Å². The molecule has 0 atom stereocenters. The molecule has 0 saturated carbocycles. The van der Waals surface area contributed by atoms with Crippen molar-refractivity contribution in [3.05, 3.63) is 38.4 Å². The minimum absolute atomic E-state index is 0.0848. The number of halogens is 1. The van der Waals surface area contributed by atoms with Crippen molar-refractivity contribution in [2.75, 3.05) is 11.9 Å². The van der Waals surface area contributed by atoms with Gasteiger partial charge in [-0.25, -0.2) is 9.97 Å². The summed E-state index contributed by atoms with van der Waals surface area (Å²) in [6.07, 6.45) is 4.80. The minimum Gasteiger partial charge on any atom is -0.362 e. The monoisotopic (exact) mass is 314 g/mol. The van der Waals surface area contributed by atoms with Crippen LogP contribution in [0.15, 0.2) is 28.0 Å². The molecule has 0 saturated heterocycles. The number of nitrogens with one attached hydrogen (secondary N) is 1. The number of aromatic nitrogens is 3. The molecule has 0 unspecified atom stereocenters. The van der Waals surface area contributed by atoms with Gasteiger partial charge in [-0.2, -0.15) is 0 Å². The maximum absolute atomic E-state index is 11.8. The van der Waals surface area contributed by atoms with Crippen molar-refractivity contribution in [1.29, 1.82) is 0 Å². The molecule has 2 heterocycles. The fourth-order valence-electron chi connectivity index (χ4n) is 1.32. The molecular weight excluding hydrogens is 304 g/mol. The van der Waals surface area contributed by atoms with Gasteiger partial charge in [-0.3, -0.25) is 9.36 Å². The minimum atomic E-state index is -0.0848. The number of hydrogen-bond donors (Lipinski definition) is 1. The van der Waals surface area contributed by atoms with E-state index in [2.05, 4.69) is 31.2 Å². The molecule has 0 bridgehead atoms. The van der Waals surface area contributed by atoms with Crippen molar-refractivity contribution in [2.24, 2.45) is 0 Å².